The number of nitrogens with zero attached hydrogens (tertiary/aromatic N) is 1. The quantitative estimate of drug-likeness (QED) is 0.906. The van der Waals surface area contributed by atoms with Gasteiger partial charge in [-0.05, 0) is 36.8 Å². The van der Waals surface area contributed by atoms with Crippen molar-refractivity contribution in [3.63, 3.8) is 0 Å². The molecule has 2 aromatic rings. The molecule has 1 heterocycles. The summed E-state index contributed by atoms with van der Waals surface area (Å²) in [5.41, 5.74) is 1.36. The lowest BCUT2D eigenvalue weighted by atomic mass is 9.97. The molecule has 1 fully saturated rings. The van der Waals surface area contributed by atoms with E-state index >= 15 is 0 Å². The minimum Gasteiger partial charge on any atom is -0.396 e. The Kier molecular flexibility index (Phi) is 4.15. The third-order valence-electron chi connectivity index (χ3n) is 4.45. The van der Waals surface area contributed by atoms with Gasteiger partial charge in [-0.1, -0.05) is 24.6 Å². The van der Waals surface area contributed by atoms with Crippen LogP contribution in [-0.4, -0.2) is 29.1 Å². The monoisotopic (exact) mass is 284 g/mol. The zero-order valence-electron chi connectivity index (χ0n) is 12.0. The lowest BCUT2D eigenvalue weighted by molar-refractivity contribution is 0.0939. The van der Waals surface area contributed by atoms with Gasteiger partial charge < -0.3 is 10.4 Å². The number of hydrogen-bond donors (Lipinski definition) is 2. The van der Waals surface area contributed by atoms with Crippen LogP contribution in [0, 0.1) is 11.8 Å². The fourth-order valence-corrected chi connectivity index (χ4v) is 3.23. The number of hydrogen-bond acceptors (Lipinski definition) is 3. The highest BCUT2D eigenvalue weighted by Crippen LogP contribution is 2.30. The number of fused-ring (bicyclic) bond motifs is 1. The summed E-state index contributed by atoms with van der Waals surface area (Å²) >= 11 is 0. The topological polar surface area (TPSA) is 62.2 Å². The number of carbonyl (C=O) groups excluding carboxylic acids is 1. The molecule has 1 amide bonds. The molecule has 4 nitrogen and oxygen atoms in total. The third kappa shape index (κ3) is 2.90. The summed E-state index contributed by atoms with van der Waals surface area (Å²) in [4.78, 5) is 16.7. The molecule has 3 rings (SSSR count). The van der Waals surface area contributed by atoms with Gasteiger partial charge in [0.05, 0.1) is 11.1 Å². The van der Waals surface area contributed by atoms with Crippen molar-refractivity contribution in [3.8, 4) is 0 Å². The van der Waals surface area contributed by atoms with Crippen LogP contribution in [0.5, 0.6) is 0 Å². The van der Waals surface area contributed by atoms with Crippen molar-refractivity contribution in [1.82, 2.24) is 10.3 Å². The maximum Gasteiger partial charge on any atom is 0.253 e. The minimum atomic E-state index is -0.0807. The molecule has 21 heavy (non-hydrogen) atoms. The molecule has 1 aromatic carbocycles. The van der Waals surface area contributed by atoms with Gasteiger partial charge in [0.25, 0.3) is 5.91 Å². The molecule has 2 N–H and O–H groups in total. The van der Waals surface area contributed by atoms with Gasteiger partial charge in [-0.2, -0.15) is 0 Å². The number of aliphatic hydroxyl groups is 1. The number of benzene rings is 1. The number of carbonyl (C=O) groups is 1. The SMILES string of the molecule is O=C(NCC1CCCC1CO)c1cccc2cccnc12. The summed E-state index contributed by atoms with van der Waals surface area (Å²) in [6.45, 7) is 0.851. The lowest BCUT2D eigenvalue weighted by Gasteiger charge is -2.18. The number of aromatic nitrogens is 1. The Hall–Kier alpha value is -1.94. The van der Waals surface area contributed by atoms with Crippen LogP contribution in [-0.2, 0) is 0 Å². The molecule has 0 bridgehead atoms. The van der Waals surface area contributed by atoms with Crippen LogP contribution in [0.2, 0.25) is 0 Å². The van der Waals surface area contributed by atoms with E-state index in [1.54, 1.807) is 6.20 Å². The van der Waals surface area contributed by atoms with E-state index in [1.165, 1.54) is 0 Å². The molecule has 1 aliphatic carbocycles. The molecule has 2 unspecified atom stereocenters. The molecule has 0 aliphatic heterocycles. The van der Waals surface area contributed by atoms with Crippen LogP contribution >= 0.6 is 0 Å². The molecule has 1 aliphatic rings. The van der Waals surface area contributed by atoms with E-state index in [1.807, 2.05) is 30.3 Å². The summed E-state index contributed by atoms with van der Waals surface area (Å²) < 4.78 is 0. The zero-order chi connectivity index (χ0) is 14.7. The Morgan fingerprint density at radius 3 is 2.90 bits per heavy atom. The summed E-state index contributed by atoms with van der Waals surface area (Å²) in [5, 5.41) is 13.3. The number of rotatable bonds is 4. The van der Waals surface area contributed by atoms with E-state index in [4.69, 9.17) is 0 Å². The van der Waals surface area contributed by atoms with E-state index in [2.05, 4.69) is 10.3 Å². The summed E-state index contributed by atoms with van der Waals surface area (Å²) in [5.74, 6) is 0.640. The van der Waals surface area contributed by atoms with E-state index in [-0.39, 0.29) is 12.5 Å². The van der Waals surface area contributed by atoms with Gasteiger partial charge in [-0.3, -0.25) is 9.78 Å². The predicted octanol–water partition coefficient (Wildman–Crippen LogP) is 2.37. The number of nitrogens with one attached hydrogen (secondary N) is 1. The molecule has 1 aromatic heterocycles. The fourth-order valence-electron chi connectivity index (χ4n) is 3.23. The first-order valence-electron chi connectivity index (χ1n) is 7.52. The smallest absolute Gasteiger partial charge is 0.253 e. The number of pyridine rings is 1. The van der Waals surface area contributed by atoms with Crippen LogP contribution in [0.25, 0.3) is 10.9 Å². The second kappa shape index (κ2) is 6.22. The van der Waals surface area contributed by atoms with Crippen LogP contribution in [0.3, 0.4) is 0 Å². The molecular weight excluding hydrogens is 264 g/mol. The first-order valence-corrected chi connectivity index (χ1v) is 7.52. The van der Waals surface area contributed by atoms with Gasteiger partial charge in [0.15, 0.2) is 0 Å². The van der Waals surface area contributed by atoms with Gasteiger partial charge >= 0.3 is 0 Å². The van der Waals surface area contributed by atoms with Gasteiger partial charge in [-0.15, -0.1) is 0 Å². The summed E-state index contributed by atoms with van der Waals surface area (Å²) in [6.07, 6.45) is 4.99. The Labute approximate surface area is 124 Å². The van der Waals surface area contributed by atoms with Gasteiger partial charge in [0.1, 0.15) is 0 Å². The second-order valence-electron chi connectivity index (χ2n) is 5.72. The van der Waals surface area contributed by atoms with Gasteiger partial charge in [-0.25, -0.2) is 0 Å². The molecule has 1 saturated carbocycles. The van der Waals surface area contributed by atoms with Crippen molar-refractivity contribution in [3.05, 3.63) is 42.1 Å². The van der Waals surface area contributed by atoms with Crippen LogP contribution in [0.4, 0.5) is 0 Å². The molecule has 0 spiro atoms. The number of aliphatic hydroxyl groups excluding tert-OH is 1. The Morgan fingerprint density at radius 1 is 1.24 bits per heavy atom. The molecule has 0 saturated heterocycles. The third-order valence-corrected chi connectivity index (χ3v) is 4.45. The van der Waals surface area contributed by atoms with Crippen LogP contribution in [0.1, 0.15) is 29.6 Å². The Bertz CT molecular complexity index is 636. The molecule has 4 heteroatoms. The number of amides is 1. The maximum atomic E-state index is 12.4. The first-order chi connectivity index (χ1) is 10.3. The zero-order valence-corrected chi connectivity index (χ0v) is 12.0. The molecule has 110 valence electrons. The Morgan fingerprint density at radius 2 is 2.05 bits per heavy atom. The highest BCUT2D eigenvalue weighted by Gasteiger charge is 2.27. The van der Waals surface area contributed by atoms with E-state index in [0.717, 1.165) is 30.2 Å². The summed E-state index contributed by atoms with van der Waals surface area (Å²) in [7, 11) is 0. The predicted molar refractivity (Wildman–Crippen MR) is 82.0 cm³/mol. The van der Waals surface area contributed by atoms with Gasteiger partial charge in [0, 0.05) is 24.7 Å². The normalized spacial score (nSPS) is 21.6. The average molecular weight is 284 g/mol. The van der Waals surface area contributed by atoms with Gasteiger partial charge in [0.2, 0.25) is 0 Å². The van der Waals surface area contributed by atoms with Crippen LogP contribution < -0.4 is 5.32 Å². The standard InChI is InChI=1S/C17H20N2O2/c20-11-14-6-1-5-13(14)10-19-17(21)15-8-2-4-12-7-3-9-18-16(12)15/h2-4,7-9,13-14,20H,1,5-6,10-11H2,(H,19,21). The highest BCUT2D eigenvalue weighted by molar-refractivity contribution is 6.05. The van der Waals surface area contributed by atoms with Crippen molar-refractivity contribution < 1.29 is 9.90 Å². The fraction of sp³-hybridized carbons (Fsp3) is 0.412. The van der Waals surface area contributed by atoms with E-state index < -0.39 is 0 Å². The minimum absolute atomic E-state index is 0.0807. The molecular formula is C17H20N2O2. The van der Waals surface area contributed by atoms with Crippen LogP contribution in [0.15, 0.2) is 36.5 Å². The summed E-state index contributed by atoms with van der Waals surface area (Å²) in [6, 6.07) is 9.47. The van der Waals surface area contributed by atoms with Crippen molar-refractivity contribution in [2.75, 3.05) is 13.2 Å². The molecule has 0 radical (unpaired) electrons. The average Bonchev–Trinajstić information content (AvgIpc) is 2.99. The van der Waals surface area contributed by atoms with Crippen molar-refractivity contribution in [2.45, 2.75) is 19.3 Å². The van der Waals surface area contributed by atoms with Crippen molar-refractivity contribution in [2.24, 2.45) is 11.8 Å². The van der Waals surface area contributed by atoms with E-state index in [9.17, 15) is 9.90 Å². The van der Waals surface area contributed by atoms with Crippen molar-refractivity contribution in [1.29, 1.82) is 0 Å². The lowest BCUT2D eigenvalue weighted by Crippen LogP contribution is -2.31. The molecule has 2 atom stereocenters. The first kappa shape index (κ1) is 14.0. The Balaban J connectivity index is 1.72. The second-order valence-corrected chi connectivity index (χ2v) is 5.72. The van der Waals surface area contributed by atoms with Crippen molar-refractivity contribution >= 4 is 16.8 Å². The number of para-hydroxylation sites is 1. The highest BCUT2D eigenvalue weighted by atomic mass is 16.3. The maximum absolute atomic E-state index is 12.4. The largest absolute Gasteiger partial charge is 0.396 e. The van der Waals surface area contributed by atoms with E-state index in [0.29, 0.717) is 23.9 Å².